The average Bonchev–Trinajstić information content (AvgIpc) is 2.74. The molecule has 0 heterocycles. The Bertz CT molecular complexity index is 316. The van der Waals surface area contributed by atoms with Gasteiger partial charge in [0.1, 0.15) is 0 Å². The summed E-state index contributed by atoms with van der Waals surface area (Å²) in [5.41, 5.74) is 0. The van der Waals surface area contributed by atoms with Crippen LogP contribution < -0.4 is 0 Å². The molecule has 2 radical (unpaired) electrons. The second kappa shape index (κ2) is 24.0. The zero-order valence-electron chi connectivity index (χ0n) is 20.6. The number of hydrogen-bond donors (Lipinski definition) is 0. The number of allylic oxidation sites excluding steroid dienone is 2. The van der Waals surface area contributed by atoms with Gasteiger partial charge in [-0.25, -0.2) is 0 Å². The van der Waals surface area contributed by atoms with Gasteiger partial charge in [-0.2, -0.15) is 0 Å². The molecule has 0 heteroatoms. The largest absolute Gasteiger partial charge is 0.0885 e. The molecule has 29 heavy (non-hydrogen) atoms. The molecule has 2 unspecified atom stereocenters. The van der Waals surface area contributed by atoms with Gasteiger partial charge in [0.15, 0.2) is 0 Å². The maximum Gasteiger partial charge on any atom is -0.0351 e. The lowest BCUT2D eigenvalue weighted by molar-refractivity contribution is 0.288. The predicted molar refractivity (Wildman–Crippen MR) is 135 cm³/mol. The molecule has 0 spiro atoms. The molecule has 0 bridgehead atoms. The van der Waals surface area contributed by atoms with Gasteiger partial charge in [-0.05, 0) is 37.5 Å². The van der Waals surface area contributed by atoms with Crippen molar-refractivity contribution in [2.75, 3.05) is 0 Å². The van der Waals surface area contributed by atoms with Crippen molar-refractivity contribution in [2.24, 2.45) is 11.8 Å². The Morgan fingerprint density at radius 1 is 0.552 bits per heavy atom. The van der Waals surface area contributed by atoms with Crippen molar-refractivity contribution >= 4 is 0 Å². The van der Waals surface area contributed by atoms with Crippen LogP contribution in [-0.2, 0) is 0 Å². The van der Waals surface area contributed by atoms with E-state index in [9.17, 15) is 0 Å². The van der Waals surface area contributed by atoms with Crippen molar-refractivity contribution in [1.82, 2.24) is 0 Å². The summed E-state index contributed by atoms with van der Waals surface area (Å²) >= 11 is 0. The zero-order valence-corrected chi connectivity index (χ0v) is 20.6. The second-order valence-corrected chi connectivity index (χ2v) is 9.43. The van der Waals surface area contributed by atoms with Crippen LogP contribution in [0.4, 0.5) is 0 Å². The van der Waals surface area contributed by atoms with Gasteiger partial charge in [0.25, 0.3) is 0 Å². The summed E-state index contributed by atoms with van der Waals surface area (Å²) in [5.74, 6) is 1.89. The van der Waals surface area contributed by atoms with E-state index in [2.05, 4.69) is 39.8 Å². The summed E-state index contributed by atoms with van der Waals surface area (Å²) in [6.07, 6.45) is 33.6. The molecule has 0 rings (SSSR count). The van der Waals surface area contributed by atoms with Gasteiger partial charge in [-0.1, -0.05) is 149 Å². The van der Waals surface area contributed by atoms with Gasteiger partial charge in [0.2, 0.25) is 0 Å². The molecule has 0 aromatic carbocycles. The first-order valence-electron chi connectivity index (χ1n) is 13.5. The van der Waals surface area contributed by atoms with Crippen molar-refractivity contribution in [2.45, 2.75) is 149 Å². The minimum atomic E-state index is 0.915. The van der Waals surface area contributed by atoms with Crippen molar-refractivity contribution in [3.63, 3.8) is 0 Å². The highest BCUT2D eigenvalue weighted by molar-refractivity contribution is 4.81. The minimum Gasteiger partial charge on any atom is -0.0885 e. The molecular weight excluding hydrogens is 348 g/mol. The maximum atomic E-state index is 3.94. The van der Waals surface area contributed by atoms with Crippen LogP contribution in [0.5, 0.6) is 0 Å². The molecule has 0 saturated carbocycles. The fraction of sp³-hybridized carbons (Fsp3) is 0.862. The molecule has 0 aromatic rings. The summed E-state index contributed by atoms with van der Waals surface area (Å²) in [6.45, 7) is 12.7. The lowest BCUT2D eigenvalue weighted by Gasteiger charge is -2.23. The summed E-state index contributed by atoms with van der Waals surface area (Å²) in [5, 5.41) is 0. The second-order valence-electron chi connectivity index (χ2n) is 9.43. The molecule has 0 aliphatic rings. The van der Waals surface area contributed by atoms with E-state index >= 15 is 0 Å². The van der Waals surface area contributed by atoms with Crippen LogP contribution >= 0.6 is 0 Å². The molecule has 0 amide bonds. The van der Waals surface area contributed by atoms with E-state index in [4.69, 9.17) is 0 Å². The molecule has 0 nitrogen and oxygen atoms in total. The van der Waals surface area contributed by atoms with E-state index in [-0.39, 0.29) is 0 Å². The van der Waals surface area contributed by atoms with Crippen LogP contribution in [0.3, 0.4) is 0 Å². The van der Waals surface area contributed by atoms with Crippen molar-refractivity contribution in [3.05, 3.63) is 26.0 Å². The molecule has 2 atom stereocenters. The van der Waals surface area contributed by atoms with Gasteiger partial charge in [-0.15, -0.1) is 0 Å². The first-order valence-corrected chi connectivity index (χ1v) is 13.5. The van der Waals surface area contributed by atoms with Crippen LogP contribution in [0.25, 0.3) is 0 Å². The van der Waals surface area contributed by atoms with Crippen LogP contribution in [-0.4, -0.2) is 0 Å². The third kappa shape index (κ3) is 20.8. The summed E-state index contributed by atoms with van der Waals surface area (Å²) in [7, 11) is 0. The Morgan fingerprint density at radius 3 is 1.38 bits per heavy atom. The molecule has 0 aromatic heterocycles. The minimum absolute atomic E-state index is 0.915. The normalized spacial score (nSPS) is 13.9. The van der Waals surface area contributed by atoms with Crippen LogP contribution in [0, 0.1) is 25.7 Å². The summed E-state index contributed by atoms with van der Waals surface area (Å²) in [4.78, 5) is 0. The van der Waals surface area contributed by atoms with Crippen LogP contribution in [0.15, 0.2) is 12.2 Å². The van der Waals surface area contributed by atoms with Gasteiger partial charge >= 0.3 is 0 Å². The molecular formula is C29H56. The highest BCUT2D eigenvalue weighted by Gasteiger charge is 2.14. The van der Waals surface area contributed by atoms with E-state index in [1.165, 1.54) is 122 Å². The van der Waals surface area contributed by atoms with Crippen molar-refractivity contribution in [3.8, 4) is 0 Å². The highest BCUT2D eigenvalue weighted by Crippen LogP contribution is 2.27. The fourth-order valence-corrected chi connectivity index (χ4v) is 4.39. The van der Waals surface area contributed by atoms with Gasteiger partial charge < -0.3 is 0 Å². The monoisotopic (exact) mass is 404 g/mol. The quantitative estimate of drug-likeness (QED) is 0.117. The third-order valence-electron chi connectivity index (χ3n) is 6.76. The Labute approximate surface area is 186 Å². The van der Waals surface area contributed by atoms with E-state index in [0.717, 1.165) is 24.7 Å². The summed E-state index contributed by atoms with van der Waals surface area (Å²) in [6, 6.07) is 0. The molecule has 0 aliphatic heterocycles. The number of hydrogen-bond acceptors (Lipinski definition) is 0. The number of rotatable bonds is 23. The molecule has 0 fully saturated rings. The molecule has 0 saturated heterocycles. The fourth-order valence-electron chi connectivity index (χ4n) is 4.39. The van der Waals surface area contributed by atoms with E-state index in [1.807, 2.05) is 0 Å². The van der Waals surface area contributed by atoms with Gasteiger partial charge in [0, 0.05) is 0 Å². The average molecular weight is 405 g/mol. The van der Waals surface area contributed by atoms with Crippen molar-refractivity contribution in [1.29, 1.82) is 0 Å². The Hall–Kier alpha value is -0.260. The van der Waals surface area contributed by atoms with E-state index in [0.29, 0.717) is 0 Å². The predicted octanol–water partition coefficient (Wildman–Crippen LogP) is 10.7. The molecule has 0 N–H and O–H groups in total. The SMILES string of the molecule is [CH2]CCCCC/C=C/CCCCCCC(CCCCCCCCC[CH2])C(C)CC. The van der Waals surface area contributed by atoms with Gasteiger partial charge in [0.05, 0.1) is 0 Å². The molecule has 172 valence electrons. The molecule has 0 aliphatic carbocycles. The van der Waals surface area contributed by atoms with Crippen molar-refractivity contribution < 1.29 is 0 Å². The Kier molecular flexibility index (Phi) is 23.8. The van der Waals surface area contributed by atoms with Crippen LogP contribution in [0.1, 0.15) is 149 Å². The van der Waals surface area contributed by atoms with E-state index in [1.54, 1.807) is 0 Å². The maximum absolute atomic E-state index is 3.94. The Balaban J connectivity index is 3.63. The zero-order chi connectivity index (χ0) is 21.4. The standard InChI is InChI=1S/C29H56/c1-5-8-10-12-14-16-17-18-19-21-23-25-27-29(28(4)7-3)26-24-22-20-15-13-11-9-6-2/h16-17,28-29H,1-2,5-15,18-27H2,3-4H3/b17-16+. The first-order chi connectivity index (χ1) is 14.3. The smallest absolute Gasteiger partial charge is 0.0351 e. The van der Waals surface area contributed by atoms with Gasteiger partial charge in [-0.3, -0.25) is 0 Å². The third-order valence-corrected chi connectivity index (χ3v) is 6.76. The lowest BCUT2D eigenvalue weighted by atomic mass is 9.83. The lowest BCUT2D eigenvalue weighted by Crippen LogP contribution is -2.11. The number of unbranched alkanes of at least 4 members (excludes halogenated alkanes) is 15. The van der Waals surface area contributed by atoms with E-state index < -0.39 is 0 Å². The topological polar surface area (TPSA) is 0 Å². The first kappa shape index (κ1) is 28.7. The highest BCUT2D eigenvalue weighted by atomic mass is 14.2. The van der Waals surface area contributed by atoms with Crippen LogP contribution in [0.2, 0.25) is 0 Å². The summed E-state index contributed by atoms with van der Waals surface area (Å²) < 4.78 is 0. The Morgan fingerprint density at radius 2 is 0.931 bits per heavy atom.